The molecule has 0 fully saturated rings. The summed E-state index contributed by atoms with van der Waals surface area (Å²) in [6, 6.07) is 7.39. The van der Waals surface area contributed by atoms with Gasteiger partial charge in [-0.1, -0.05) is 22.0 Å². The molecule has 0 saturated heterocycles. The Balaban J connectivity index is 3.17. The van der Waals surface area contributed by atoms with Crippen LogP contribution in [0.2, 0.25) is 0 Å². The molecule has 2 nitrogen and oxygen atoms in total. The Bertz CT molecular complexity index is 379. The van der Waals surface area contributed by atoms with Gasteiger partial charge < -0.3 is 0 Å². The average Bonchev–Trinajstić information content (AvgIpc) is 2.08. The lowest BCUT2D eigenvalue weighted by atomic mass is 10.0. The Labute approximate surface area is 85.3 Å². The van der Waals surface area contributed by atoms with Crippen LogP contribution in [-0.4, -0.2) is 5.78 Å². The van der Waals surface area contributed by atoms with E-state index in [-0.39, 0.29) is 5.78 Å². The van der Waals surface area contributed by atoms with Crippen LogP contribution < -0.4 is 0 Å². The van der Waals surface area contributed by atoms with Crippen molar-refractivity contribution in [3.05, 3.63) is 33.8 Å². The first kappa shape index (κ1) is 9.94. The van der Waals surface area contributed by atoms with Crippen LogP contribution in [0, 0.1) is 11.3 Å². The van der Waals surface area contributed by atoms with Crippen molar-refractivity contribution in [2.75, 3.05) is 0 Å². The monoisotopic (exact) mass is 237 g/mol. The standard InChI is InChI=1S/C10H8BrNO/c1-7(13)5-9-8(6-12)3-2-4-10(9)11/h2-4H,5H2,1H3. The van der Waals surface area contributed by atoms with Crippen molar-refractivity contribution >= 4 is 21.7 Å². The highest BCUT2D eigenvalue weighted by atomic mass is 79.9. The zero-order chi connectivity index (χ0) is 9.84. The second kappa shape index (κ2) is 4.20. The fraction of sp³-hybridized carbons (Fsp3) is 0.200. The third-order valence-electron chi connectivity index (χ3n) is 1.67. The smallest absolute Gasteiger partial charge is 0.134 e. The van der Waals surface area contributed by atoms with E-state index in [1.54, 1.807) is 12.1 Å². The molecule has 3 heteroatoms. The lowest BCUT2D eigenvalue weighted by Gasteiger charge is -2.03. The number of carbonyl (C=O) groups is 1. The van der Waals surface area contributed by atoms with E-state index >= 15 is 0 Å². The van der Waals surface area contributed by atoms with Gasteiger partial charge in [0.1, 0.15) is 5.78 Å². The van der Waals surface area contributed by atoms with Gasteiger partial charge in [0.2, 0.25) is 0 Å². The number of rotatable bonds is 2. The Morgan fingerprint density at radius 2 is 2.31 bits per heavy atom. The summed E-state index contributed by atoms with van der Waals surface area (Å²) in [6.07, 6.45) is 0.310. The van der Waals surface area contributed by atoms with E-state index in [2.05, 4.69) is 22.0 Å². The summed E-state index contributed by atoms with van der Waals surface area (Å²) in [7, 11) is 0. The van der Waals surface area contributed by atoms with Gasteiger partial charge in [-0.05, 0) is 24.6 Å². The molecule has 0 aliphatic rings. The van der Waals surface area contributed by atoms with Crippen LogP contribution in [0.3, 0.4) is 0 Å². The van der Waals surface area contributed by atoms with Gasteiger partial charge in [-0.25, -0.2) is 0 Å². The summed E-state index contributed by atoms with van der Waals surface area (Å²) >= 11 is 3.31. The molecular formula is C10H8BrNO. The highest BCUT2D eigenvalue weighted by Gasteiger charge is 2.07. The lowest BCUT2D eigenvalue weighted by molar-refractivity contribution is -0.116. The Morgan fingerprint density at radius 3 is 2.85 bits per heavy atom. The normalized spacial score (nSPS) is 9.31. The molecule has 0 aliphatic heterocycles. The van der Waals surface area contributed by atoms with E-state index in [1.807, 2.05) is 6.07 Å². The molecule has 0 bridgehead atoms. The largest absolute Gasteiger partial charge is 0.300 e. The first-order valence-electron chi connectivity index (χ1n) is 3.82. The average molecular weight is 238 g/mol. The highest BCUT2D eigenvalue weighted by molar-refractivity contribution is 9.10. The van der Waals surface area contributed by atoms with E-state index < -0.39 is 0 Å². The number of Topliss-reactive ketones (excluding diaryl/α,β-unsaturated/α-hetero) is 1. The predicted octanol–water partition coefficient (Wildman–Crippen LogP) is 2.45. The maximum Gasteiger partial charge on any atom is 0.134 e. The molecule has 0 atom stereocenters. The maximum atomic E-state index is 10.9. The number of hydrogen-bond donors (Lipinski definition) is 0. The van der Waals surface area contributed by atoms with Gasteiger partial charge in [-0.2, -0.15) is 5.26 Å². The minimum Gasteiger partial charge on any atom is -0.300 e. The number of benzene rings is 1. The fourth-order valence-electron chi connectivity index (χ4n) is 1.09. The van der Waals surface area contributed by atoms with Crippen LogP contribution in [-0.2, 0) is 11.2 Å². The zero-order valence-corrected chi connectivity index (χ0v) is 8.76. The third-order valence-corrected chi connectivity index (χ3v) is 2.41. The van der Waals surface area contributed by atoms with Crippen molar-refractivity contribution in [3.63, 3.8) is 0 Å². The molecule has 0 aromatic heterocycles. The summed E-state index contributed by atoms with van der Waals surface area (Å²) in [5.74, 6) is 0.0587. The van der Waals surface area contributed by atoms with E-state index in [4.69, 9.17) is 5.26 Å². The van der Waals surface area contributed by atoms with Gasteiger partial charge in [-0.3, -0.25) is 4.79 Å². The molecule has 0 aliphatic carbocycles. The zero-order valence-electron chi connectivity index (χ0n) is 7.17. The second-order valence-corrected chi connectivity index (χ2v) is 3.61. The van der Waals surface area contributed by atoms with Crippen LogP contribution in [0.1, 0.15) is 18.1 Å². The Hall–Kier alpha value is -1.14. The van der Waals surface area contributed by atoms with Gasteiger partial charge in [0.05, 0.1) is 11.6 Å². The first-order valence-corrected chi connectivity index (χ1v) is 4.61. The van der Waals surface area contributed by atoms with Crippen molar-refractivity contribution in [3.8, 4) is 6.07 Å². The van der Waals surface area contributed by atoms with Crippen LogP contribution in [0.4, 0.5) is 0 Å². The molecule has 0 heterocycles. The van der Waals surface area contributed by atoms with Crippen LogP contribution in [0.25, 0.3) is 0 Å². The van der Waals surface area contributed by atoms with Gasteiger partial charge >= 0.3 is 0 Å². The number of nitrogens with zero attached hydrogens (tertiary/aromatic N) is 1. The summed E-state index contributed by atoms with van der Waals surface area (Å²) in [4.78, 5) is 10.9. The topological polar surface area (TPSA) is 40.9 Å². The van der Waals surface area contributed by atoms with Crippen molar-refractivity contribution in [1.29, 1.82) is 5.26 Å². The first-order chi connectivity index (χ1) is 6.15. The summed E-state index contributed by atoms with van der Waals surface area (Å²) < 4.78 is 0.821. The van der Waals surface area contributed by atoms with Crippen LogP contribution >= 0.6 is 15.9 Å². The SMILES string of the molecule is CC(=O)Cc1c(Br)cccc1C#N. The summed E-state index contributed by atoms with van der Waals surface area (Å²) in [6.45, 7) is 1.51. The minimum absolute atomic E-state index is 0.0587. The Morgan fingerprint density at radius 1 is 1.62 bits per heavy atom. The molecular weight excluding hydrogens is 230 g/mol. The fourth-order valence-corrected chi connectivity index (χ4v) is 1.60. The molecule has 1 aromatic rings. The Kier molecular flexibility index (Phi) is 3.21. The molecule has 1 rings (SSSR count). The molecule has 0 spiro atoms. The van der Waals surface area contributed by atoms with Gasteiger partial charge in [0, 0.05) is 10.9 Å². The summed E-state index contributed by atoms with van der Waals surface area (Å²) in [5, 5.41) is 8.77. The quantitative estimate of drug-likeness (QED) is 0.793. The van der Waals surface area contributed by atoms with E-state index in [9.17, 15) is 4.79 Å². The number of nitriles is 1. The van der Waals surface area contributed by atoms with Crippen molar-refractivity contribution in [2.24, 2.45) is 0 Å². The van der Waals surface area contributed by atoms with Crippen molar-refractivity contribution in [1.82, 2.24) is 0 Å². The second-order valence-electron chi connectivity index (χ2n) is 2.76. The number of halogens is 1. The van der Waals surface area contributed by atoms with Gasteiger partial charge in [0.25, 0.3) is 0 Å². The highest BCUT2D eigenvalue weighted by Crippen LogP contribution is 2.20. The van der Waals surface area contributed by atoms with E-state index in [0.717, 1.165) is 10.0 Å². The van der Waals surface area contributed by atoms with Gasteiger partial charge in [0.15, 0.2) is 0 Å². The lowest BCUT2D eigenvalue weighted by Crippen LogP contribution is -2.00. The number of carbonyl (C=O) groups excluding carboxylic acids is 1. The molecule has 0 radical (unpaired) electrons. The minimum atomic E-state index is 0.0587. The predicted molar refractivity (Wildman–Crippen MR) is 53.2 cm³/mol. The van der Waals surface area contributed by atoms with Crippen molar-refractivity contribution in [2.45, 2.75) is 13.3 Å². The van der Waals surface area contributed by atoms with Gasteiger partial charge in [-0.15, -0.1) is 0 Å². The molecule has 66 valence electrons. The summed E-state index contributed by atoms with van der Waals surface area (Å²) in [5.41, 5.74) is 1.34. The molecule has 0 saturated carbocycles. The number of ketones is 1. The molecule has 1 aromatic carbocycles. The van der Waals surface area contributed by atoms with E-state index in [1.165, 1.54) is 6.92 Å². The van der Waals surface area contributed by atoms with E-state index in [0.29, 0.717) is 12.0 Å². The molecule has 0 amide bonds. The van der Waals surface area contributed by atoms with Crippen LogP contribution in [0.5, 0.6) is 0 Å². The maximum absolute atomic E-state index is 10.9. The molecule has 0 N–H and O–H groups in total. The van der Waals surface area contributed by atoms with Crippen molar-refractivity contribution < 1.29 is 4.79 Å². The third kappa shape index (κ3) is 2.40. The molecule has 0 unspecified atom stereocenters. The van der Waals surface area contributed by atoms with Crippen LogP contribution in [0.15, 0.2) is 22.7 Å². The number of hydrogen-bond acceptors (Lipinski definition) is 2. The molecule has 13 heavy (non-hydrogen) atoms.